The van der Waals surface area contributed by atoms with Gasteiger partial charge in [-0.05, 0) is 66.2 Å². The number of rotatable bonds is 11. The third-order valence-electron chi connectivity index (χ3n) is 4.93. The van der Waals surface area contributed by atoms with Gasteiger partial charge in [0.2, 0.25) is 5.91 Å². The van der Waals surface area contributed by atoms with E-state index in [-0.39, 0.29) is 10.6 Å². The predicted octanol–water partition coefficient (Wildman–Crippen LogP) is 5.39. The van der Waals surface area contributed by atoms with Crippen LogP contribution in [-0.2, 0) is 20.6 Å². The maximum absolute atomic E-state index is 13.3. The Kier molecular flexibility index (Phi) is 9.68. The Morgan fingerprint density at radius 1 is 1.03 bits per heavy atom. The molecular formula is C24H23Cl2FN2O4S2. The lowest BCUT2D eigenvalue weighted by Gasteiger charge is -2.24. The zero-order chi connectivity index (χ0) is 25.4. The first kappa shape index (κ1) is 27.1. The Morgan fingerprint density at radius 3 is 2.26 bits per heavy atom. The van der Waals surface area contributed by atoms with Crippen molar-refractivity contribution < 1.29 is 22.3 Å². The van der Waals surface area contributed by atoms with Crippen molar-refractivity contribution in [2.75, 3.05) is 30.3 Å². The monoisotopic (exact) mass is 556 g/mol. The fourth-order valence-corrected chi connectivity index (χ4v) is 6.11. The number of hydrogen-bond donors (Lipinski definition) is 1. The van der Waals surface area contributed by atoms with Crippen LogP contribution in [0.5, 0.6) is 5.75 Å². The van der Waals surface area contributed by atoms with Gasteiger partial charge in [-0.25, -0.2) is 12.8 Å². The van der Waals surface area contributed by atoms with Crippen LogP contribution in [0.1, 0.15) is 5.56 Å². The lowest BCUT2D eigenvalue weighted by Crippen LogP contribution is -2.41. The molecule has 0 aliphatic heterocycles. The molecule has 0 spiro atoms. The molecule has 3 aromatic rings. The van der Waals surface area contributed by atoms with E-state index in [9.17, 15) is 17.6 Å². The second-order valence-electron chi connectivity index (χ2n) is 7.27. The number of nitrogens with zero attached hydrogens (tertiary/aromatic N) is 1. The smallest absolute Gasteiger partial charge is 0.264 e. The summed E-state index contributed by atoms with van der Waals surface area (Å²) >= 11 is 13.9. The third-order valence-corrected chi connectivity index (χ3v) is 8.41. The van der Waals surface area contributed by atoms with Crippen LogP contribution in [0.3, 0.4) is 0 Å². The van der Waals surface area contributed by atoms with Gasteiger partial charge in [0.05, 0.1) is 17.7 Å². The molecule has 35 heavy (non-hydrogen) atoms. The van der Waals surface area contributed by atoms with Crippen LogP contribution in [0.25, 0.3) is 0 Å². The van der Waals surface area contributed by atoms with Crippen molar-refractivity contribution in [2.24, 2.45) is 0 Å². The number of carbonyl (C=O) groups is 1. The van der Waals surface area contributed by atoms with Crippen LogP contribution >= 0.6 is 35.0 Å². The molecule has 11 heteroatoms. The summed E-state index contributed by atoms with van der Waals surface area (Å²) in [5.74, 6) is 0.635. The Labute approximate surface area is 218 Å². The van der Waals surface area contributed by atoms with E-state index < -0.39 is 28.3 Å². The first-order valence-corrected chi connectivity index (χ1v) is 13.8. The molecule has 0 fully saturated rings. The maximum atomic E-state index is 13.3. The lowest BCUT2D eigenvalue weighted by molar-refractivity contribution is -0.119. The van der Waals surface area contributed by atoms with Crippen molar-refractivity contribution >= 4 is 56.6 Å². The summed E-state index contributed by atoms with van der Waals surface area (Å²) in [5, 5.41) is 3.89. The van der Waals surface area contributed by atoms with Gasteiger partial charge in [-0.1, -0.05) is 29.3 Å². The second-order valence-corrected chi connectivity index (χ2v) is 11.0. The van der Waals surface area contributed by atoms with Crippen molar-refractivity contribution in [1.82, 2.24) is 5.32 Å². The minimum Gasteiger partial charge on any atom is -0.497 e. The van der Waals surface area contributed by atoms with Crippen LogP contribution in [0.2, 0.25) is 10.0 Å². The fourth-order valence-electron chi connectivity index (χ4n) is 3.09. The van der Waals surface area contributed by atoms with Gasteiger partial charge in [0.1, 0.15) is 18.1 Å². The Bertz CT molecular complexity index is 1240. The van der Waals surface area contributed by atoms with E-state index >= 15 is 0 Å². The Morgan fingerprint density at radius 2 is 1.66 bits per heavy atom. The third kappa shape index (κ3) is 7.27. The molecular weight excluding hydrogens is 534 g/mol. The molecule has 0 heterocycles. The molecule has 0 aromatic heterocycles. The minimum absolute atomic E-state index is 0.130. The highest BCUT2D eigenvalue weighted by Crippen LogP contribution is 2.28. The van der Waals surface area contributed by atoms with Gasteiger partial charge in [0.25, 0.3) is 10.0 Å². The van der Waals surface area contributed by atoms with Crippen LogP contribution < -0.4 is 14.4 Å². The summed E-state index contributed by atoms with van der Waals surface area (Å²) in [5.41, 5.74) is 1.09. The molecule has 0 aliphatic carbocycles. The number of halogens is 3. The van der Waals surface area contributed by atoms with Gasteiger partial charge in [0, 0.05) is 28.1 Å². The summed E-state index contributed by atoms with van der Waals surface area (Å²) in [6.45, 7) is -0.133. The number of amides is 1. The second kappa shape index (κ2) is 12.5. The largest absolute Gasteiger partial charge is 0.497 e. The molecule has 0 unspecified atom stereocenters. The van der Waals surface area contributed by atoms with Gasteiger partial charge in [-0.15, -0.1) is 0 Å². The number of methoxy groups -OCH3 is 1. The molecule has 1 N–H and O–H groups in total. The molecule has 3 aromatic carbocycles. The molecule has 0 atom stereocenters. The van der Waals surface area contributed by atoms with E-state index in [1.807, 2.05) is 0 Å². The molecule has 0 bridgehead atoms. The van der Waals surface area contributed by atoms with Crippen molar-refractivity contribution in [3.05, 3.63) is 88.2 Å². The standard InChI is InChI=1S/C24H23Cl2FN2O4S2/c1-33-19-9-7-18(8-10-19)29(35(31,32)20-11-5-17(27)6-12-20)15-24(30)28-13-14-34-16-21-22(25)3-2-4-23(21)26/h2-12H,13-16H2,1H3,(H,28,30). The number of benzene rings is 3. The van der Waals surface area contributed by atoms with E-state index in [1.165, 1.54) is 31.0 Å². The van der Waals surface area contributed by atoms with Gasteiger partial charge in [-0.2, -0.15) is 11.8 Å². The molecule has 0 saturated heterocycles. The lowest BCUT2D eigenvalue weighted by atomic mass is 10.2. The maximum Gasteiger partial charge on any atom is 0.264 e. The van der Waals surface area contributed by atoms with Gasteiger partial charge in [0.15, 0.2) is 0 Å². The number of hydrogen-bond acceptors (Lipinski definition) is 5. The zero-order valence-corrected chi connectivity index (χ0v) is 21.9. The van der Waals surface area contributed by atoms with Gasteiger partial charge in [-0.3, -0.25) is 9.10 Å². The molecule has 1 amide bonds. The average molecular weight is 557 g/mol. The normalized spacial score (nSPS) is 11.2. The van der Waals surface area contributed by atoms with E-state index in [2.05, 4.69) is 5.32 Å². The van der Waals surface area contributed by atoms with Crippen LogP contribution in [0, 0.1) is 5.82 Å². The van der Waals surface area contributed by atoms with Gasteiger partial charge < -0.3 is 10.1 Å². The first-order chi connectivity index (χ1) is 16.7. The molecule has 3 rings (SSSR count). The number of sulfonamides is 1. The molecule has 0 radical (unpaired) electrons. The molecule has 0 aliphatic rings. The number of carbonyl (C=O) groups excluding carboxylic acids is 1. The molecule has 0 saturated carbocycles. The van der Waals surface area contributed by atoms with Crippen molar-refractivity contribution in [3.8, 4) is 5.75 Å². The van der Waals surface area contributed by atoms with Gasteiger partial charge >= 0.3 is 0 Å². The number of thioether (sulfide) groups is 1. The summed E-state index contributed by atoms with van der Waals surface area (Å²) in [4.78, 5) is 12.5. The highest BCUT2D eigenvalue weighted by molar-refractivity contribution is 7.98. The summed E-state index contributed by atoms with van der Waals surface area (Å²) in [6.07, 6.45) is 0. The Hall–Kier alpha value is -2.46. The molecule has 6 nitrogen and oxygen atoms in total. The van der Waals surface area contributed by atoms with Crippen molar-refractivity contribution in [3.63, 3.8) is 0 Å². The SMILES string of the molecule is COc1ccc(N(CC(=O)NCCSCc2c(Cl)cccc2Cl)S(=O)(=O)c2ccc(F)cc2)cc1. The predicted molar refractivity (Wildman–Crippen MR) is 140 cm³/mol. The van der Waals surface area contributed by atoms with E-state index in [1.54, 1.807) is 30.3 Å². The van der Waals surface area contributed by atoms with Crippen molar-refractivity contribution in [1.29, 1.82) is 0 Å². The van der Waals surface area contributed by atoms with E-state index in [0.717, 1.165) is 34.1 Å². The summed E-state index contributed by atoms with van der Waals surface area (Å²) < 4.78 is 46.0. The minimum atomic E-state index is -4.14. The van der Waals surface area contributed by atoms with E-state index in [0.29, 0.717) is 33.8 Å². The first-order valence-electron chi connectivity index (χ1n) is 10.4. The molecule has 186 valence electrons. The van der Waals surface area contributed by atoms with E-state index in [4.69, 9.17) is 27.9 Å². The number of anilines is 1. The average Bonchev–Trinajstić information content (AvgIpc) is 2.84. The summed E-state index contributed by atoms with van der Waals surface area (Å²) in [6, 6.07) is 16.0. The highest BCUT2D eigenvalue weighted by atomic mass is 35.5. The quantitative estimate of drug-likeness (QED) is 0.320. The fraction of sp³-hybridized carbons (Fsp3) is 0.208. The van der Waals surface area contributed by atoms with Crippen LogP contribution in [0.4, 0.5) is 10.1 Å². The number of ether oxygens (including phenoxy) is 1. The Balaban J connectivity index is 1.66. The van der Waals surface area contributed by atoms with Crippen molar-refractivity contribution in [2.45, 2.75) is 10.6 Å². The van der Waals surface area contributed by atoms with Crippen LogP contribution in [0.15, 0.2) is 71.6 Å². The highest BCUT2D eigenvalue weighted by Gasteiger charge is 2.27. The van der Waals surface area contributed by atoms with Crippen LogP contribution in [-0.4, -0.2) is 40.3 Å². The zero-order valence-electron chi connectivity index (χ0n) is 18.7. The topological polar surface area (TPSA) is 75.7 Å². The summed E-state index contributed by atoms with van der Waals surface area (Å²) in [7, 11) is -2.64. The number of nitrogens with one attached hydrogen (secondary N) is 1.